The molecule has 1 fully saturated rings. The first kappa shape index (κ1) is 15.8. The molecule has 21 heavy (non-hydrogen) atoms. The van der Waals surface area contributed by atoms with Gasteiger partial charge in [0.25, 0.3) is 5.91 Å². The van der Waals surface area contributed by atoms with E-state index in [0.717, 1.165) is 19.4 Å². The first-order valence-corrected chi connectivity index (χ1v) is 7.43. The maximum absolute atomic E-state index is 12.7. The summed E-state index contributed by atoms with van der Waals surface area (Å²) in [7, 11) is 1.64. The molecule has 5 heteroatoms. The largest absolute Gasteiger partial charge is 0.508 e. The number of aryl methyl sites for hydroxylation is 1. The van der Waals surface area contributed by atoms with Gasteiger partial charge in [-0.3, -0.25) is 4.79 Å². The smallest absolute Gasteiger partial charge is 0.253 e. The molecular weight excluding hydrogens is 268 g/mol. The summed E-state index contributed by atoms with van der Waals surface area (Å²) >= 11 is 0. The number of amides is 1. The number of nitrogens with one attached hydrogen (secondary N) is 1. The summed E-state index contributed by atoms with van der Waals surface area (Å²) < 4.78 is 5.11. The highest BCUT2D eigenvalue weighted by atomic mass is 16.5. The van der Waals surface area contributed by atoms with Gasteiger partial charge >= 0.3 is 0 Å². The summed E-state index contributed by atoms with van der Waals surface area (Å²) in [6.45, 7) is 4.62. The first-order chi connectivity index (χ1) is 10.1. The van der Waals surface area contributed by atoms with Crippen molar-refractivity contribution in [2.75, 3.05) is 33.4 Å². The number of carbonyl (C=O) groups is 1. The zero-order chi connectivity index (χ0) is 15.2. The minimum Gasteiger partial charge on any atom is -0.508 e. The number of phenols is 1. The van der Waals surface area contributed by atoms with Gasteiger partial charge in [-0.2, -0.15) is 0 Å². The second-order valence-corrected chi connectivity index (χ2v) is 5.54. The molecule has 1 aromatic rings. The number of rotatable bonds is 6. The van der Waals surface area contributed by atoms with E-state index >= 15 is 0 Å². The molecule has 0 radical (unpaired) electrons. The molecule has 5 nitrogen and oxygen atoms in total. The Kier molecular flexibility index (Phi) is 5.59. The number of carbonyl (C=O) groups excluding carboxylic acids is 1. The van der Waals surface area contributed by atoms with E-state index < -0.39 is 0 Å². The van der Waals surface area contributed by atoms with Gasteiger partial charge in [0.1, 0.15) is 5.75 Å². The third-order valence-corrected chi connectivity index (χ3v) is 3.90. The van der Waals surface area contributed by atoms with Crippen LogP contribution in [0.1, 0.15) is 28.8 Å². The SMILES string of the molecule is COCCN(CC1CCCN1)C(=O)c1ccc(O)c(C)c1. The molecule has 1 aromatic carbocycles. The second-order valence-electron chi connectivity index (χ2n) is 5.54. The molecule has 1 saturated heterocycles. The molecule has 1 aliphatic heterocycles. The van der Waals surface area contributed by atoms with Crippen molar-refractivity contribution in [1.29, 1.82) is 0 Å². The predicted octanol–water partition coefficient (Wildman–Crippen LogP) is 1.54. The number of benzene rings is 1. The quantitative estimate of drug-likeness (QED) is 0.835. The summed E-state index contributed by atoms with van der Waals surface area (Å²) in [5.74, 6) is 0.205. The molecule has 1 heterocycles. The third-order valence-electron chi connectivity index (χ3n) is 3.90. The Morgan fingerprint density at radius 3 is 2.95 bits per heavy atom. The van der Waals surface area contributed by atoms with Crippen LogP contribution in [-0.2, 0) is 4.74 Å². The van der Waals surface area contributed by atoms with Crippen LogP contribution >= 0.6 is 0 Å². The van der Waals surface area contributed by atoms with Crippen LogP contribution in [0.4, 0.5) is 0 Å². The van der Waals surface area contributed by atoms with Crippen LogP contribution in [0.2, 0.25) is 0 Å². The fourth-order valence-corrected chi connectivity index (χ4v) is 2.63. The Hall–Kier alpha value is -1.59. The zero-order valence-corrected chi connectivity index (χ0v) is 12.8. The van der Waals surface area contributed by atoms with Gasteiger partial charge in [0.2, 0.25) is 0 Å². The summed E-state index contributed by atoms with van der Waals surface area (Å²) in [4.78, 5) is 14.5. The van der Waals surface area contributed by atoms with E-state index in [-0.39, 0.29) is 11.7 Å². The topological polar surface area (TPSA) is 61.8 Å². The van der Waals surface area contributed by atoms with E-state index in [1.807, 2.05) is 4.90 Å². The lowest BCUT2D eigenvalue weighted by molar-refractivity contribution is 0.0679. The predicted molar refractivity (Wildman–Crippen MR) is 81.6 cm³/mol. The van der Waals surface area contributed by atoms with E-state index in [4.69, 9.17) is 4.74 Å². The van der Waals surface area contributed by atoms with Crippen LogP contribution in [0.15, 0.2) is 18.2 Å². The average Bonchev–Trinajstić information content (AvgIpc) is 2.98. The summed E-state index contributed by atoms with van der Waals surface area (Å²) in [6, 6.07) is 5.35. The highest BCUT2D eigenvalue weighted by molar-refractivity contribution is 5.94. The van der Waals surface area contributed by atoms with Gasteiger partial charge in [0.05, 0.1) is 6.61 Å². The van der Waals surface area contributed by atoms with Crippen molar-refractivity contribution >= 4 is 5.91 Å². The lowest BCUT2D eigenvalue weighted by Crippen LogP contribution is -2.42. The molecule has 0 aromatic heterocycles. The van der Waals surface area contributed by atoms with Crippen molar-refractivity contribution in [3.63, 3.8) is 0 Å². The lowest BCUT2D eigenvalue weighted by Gasteiger charge is -2.26. The minimum atomic E-state index is -0.0103. The van der Waals surface area contributed by atoms with Gasteiger partial charge in [-0.05, 0) is 50.1 Å². The Labute approximate surface area is 125 Å². The maximum Gasteiger partial charge on any atom is 0.253 e. The number of hydrogen-bond donors (Lipinski definition) is 2. The molecule has 1 amide bonds. The fourth-order valence-electron chi connectivity index (χ4n) is 2.63. The van der Waals surface area contributed by atoms with E-state index in [1.54, 1.807) is 32.2 Å². The summed E-state index contributed by atoms with van der Waals surface area (Å²) in [5.41, 5.74) is 1.32. The molecule has 0 bridgehead atoms. The van der Waals surface area contributed by atoms with Crippen molar-refractivity contribution in [2.24, 2.45) is 0 Å². The Morgan fingerprint density at radius 1 is 1.52 bits per heavy atom. The van der Waals surface area contributed by atoms with E-state index in [2.05, 4.69) is 5.32 Å². The summed E-state index contributed by atoms with van der Waals surface area (Å²) in [5, 5.41) is 13.0. The van der Waals surface area contributed by atoms with Crippen LogP contribution in [0.5, 0.6) is 5.75 Å². The summed E-state index contributed by atoms with van der Waals surface area (Å²) in [6.07, 6.45) is 2.26. The molecule has 1 atom stereocenters. The fraction of sp³-hybridized carbons (Fsp3) is 0.562. The minimum absolute atomic E-state index is 0.0103. The number of hydrogen-bond acceptors (Lipinski definition) is 4. The van der Waals surface area contributed by atoms with Gasteiger partial charge in [-0.15, -0.1) is 0 Å². The van der Waals surface area contributed by atoms with Crippen LogP contribution in [0, 0.1) is 6.92 Å². The molecule has 0 aliphatic carbocycles. The second kappa shape index (κ2) is 7.43. The highest BCUT2D eigenvalue weighted by Gasteiger charge is 2.22. The van der Waals surface area contributed by atoms with Crippen LogP contribution < -0.4 is 5.32 Å². The van der Waals surface area contributed by atoms with Gasteiger partial charge in [0, 0.05) is 31.8 Å². The van der Waals surface area contributed by atoms with Crippen molar-refractivity contribution in [2.45, 2.75) is 25.8 Å². The Morgan fingerprint density at radius 2 is 2.33 bits per heavy atom. The number of nitrogens with zero attached hydrogens (tertiary/aromatic N) is 1. The molecule has 0 saturated carbocycles. The normalized spacial score (nSPS) is 17.9. The van der Waals surface area contributed by atoms with Crippen LogP contribution in [0.3, 0.4) is 0 Å². The molecule has 1 unspecified atom stereocenters. The standard InChI is InChI=1S/C16H24N2O3/c1-12-10-13(5-6-15(12)19)16(20)18(8-9-21-2)11-14-4-3-7-17-14/h5-6,10,14,17,19H,3-4,7-9,11H2,1-2H3. The Balaban J connectivity index is 2.09. The van der Waals surface area contributed by atoms with E-state index in [9.17, 15) is 9.90 Å². The number of methoxy groups -OCH3 is 1. The third kappa shape index (κ3) is 4.19. The number of aromatic hydroxyl groups is 1. The number of ether oxygens (including phenoxy) is 1. The van der Waals surface area contributed by atoms with Crippen molar-refractivity contribution in [3.8, 4) is 5.75 Å². The molecule has 1 aliphatic rings. The van der Waals surface area contributed by atoms with Crippen molar-refractivity contribution < 1.29 is 14.6 Å². The average molecular weight is 292 g/mol. The van der Waals surface area contributed by atoms with Gasteiger partial charge in [-0.25, -0.2) is 0 Å². The van der Waals surface area contributed by atoms with Crippen molar-refractivity contribution in [1.82, 2.24) is 10.2 Å². The monoisotopic (exact) mass is 292 g/mol. The van der Waals surface area contributed by atoms with Gasteiger partial charge < -0.3 is 20.1 Å². The highest BCUT2D eigenvalue weighted by Crippen LogP contribution is 2.18. The maximum atomic E-state index is 12.7. The molecule has 2 N–H and O–H groups in total. The van der Waals surface area contributed by atoms with Gasteiger partial charge in [-0.1, -0.05) is 0 Å². The number of phenolic OH excluding ortho intramolecular Hbond substituents is 1. The zero-order valence-electron chi connectivity index (χ0n) is 12.8. The van der Waals surface area contributed by atoms with Crippen molar-refractivity contribution in [3.05, 3.63) is 29.3 Å². The molecule has 116 valence electrons. The van der Waals surface area contributed by atoms with Crippen LogP contribution in [-0.4, -0.2) is 55.3 Å². The molecule has 0 spiro atoms. The molecule has 2 rings (SSSR count). The van der Waals surface area contributed by atoms with Gasteiger partial charge in [0.15, 0.2) is 0 Å². The van der Waals surface area contributed by atoms with E-state index in [0.29, 0.717) is 36.9 Å². The lowest BCUT2D eigenvalue weighted by atomic mass is 10.1. The molecular formula is C16H24N2O3. The first-order valence-electron chi connectivity index (χ1n) is 7.43. The van der Waals surface area contributed by atoms with Crippen LogP contribution in [0.25, 0.3) is 0 Å². The Bertz CT molecular complexity index is 484. The van der Waals surface area contributed by atoms with E-state index in [1.165, 1.54) is 0 Å².